The van der Waals surface area contributed by atoms with Crippen LogP contribution in [-0.4, -0.2) is 20.0 Å². The summed E-state index contributed by atoms with van der Waals surface area (Å²) in [6.45, 7) is -0.167. The number of phenols is 2. The Morgan fingerprint density at radius 3 is 2.48 bits per heavy atom. The number of hydrogen-bond donors (Lipinski definition) is 2. The van der Waals surface area contributed by atoms with Crippen molar-refractivity contribution in [2.24, 2.45) is 0 Å². The zero-order valence-electron chi connectivity index (χ0n) is 12.9. The van der Waals surface area contributed by atoms with Gasteiger partial charge >= 0.3 is 5.82 Å². The number of phenolic OH excluding ortho intramolecular Hbond substituents is 2. The van der Waals surface area contributed by atoms with Gasteiger partial charge in [0.25, 0.3) is 0 Å². The zero-order chi connectivity index (χ0) is 18.0. The van der Waals surface area contributed by atoms with Crippen LogP contribution in [0, 0.1) is 10.7 Å². The predicted octanol–water partition coefficient (Wildman–Crippen LogP) is 4.56. The maximum absolute atomic E-state index is 13.6. The van der Waals surface area contributed by atoms with E-state index in [0.29, 0.717) is 15.9 Å². The summed E-state index contributed by atoms with van der Waals surface area (Å²) < 4.78 is 14.2. The zero-order valence-corrected chi connectivity index (χ0v) is 13.6. The van der Waals surface area contributed by atoms with Crippen molar-refractivity contribution in [3.05, 3.63) is 76.0 Å². The fourth-order valence-corrected chi connectivity index (χ4v) is 2.59. The van der Waals surface area contributed by atoms with Gasteiger partial charge in [-0.3, -0.25) is 0 Å². The number of pyridine rings is 1. The Hall–Kier alpha value is -2.99. The molecule has 126 valence electrons. The second-order valence-corrected chi connectivity index (χ2v) is 5.76. The molecule has 1 heterocycles. The van der Waals surface area contributed by atoms with Crippen LogP contribution in [0.25, 0.3) is 11.1 Å². The van der Waals surface area contributed by atoms with Crippen LogP contribution in [0.3, 0.4) is 0 Å². The number of rotatable bonds is 4. The Kier molecular flexibility index (Phi) is 4.63. The minimum atomic E-state index is -0.452. The highest BCUT2D eigenvalue weighted by molar-refractivity contribution is 6.33. The van der Waals surface area contributed by atoms with E-state index in [1.54, 1.807) is 18.2 Å². The summed E-state index contributed by atoms with van der Waals surface area (Å²) in [5, 5.41) is 19.2. The monoisotopic (exact) mass is 359 g/mol. The first-order valence-corrected chi connectivity index (χ1v) is 7.69. The fourth-order valence-electron chi connectivity index (χ4n) is 2.33. The number of nitroso groups, excluding NO2 is 1. The van der Waals surface area contributed by atoms with E-state index in [9.17, 15) is 19.5 Å². The van der Waals surface area contributed by atoms with Crippen molar-refractivity contribution in [1.82, 2.24) is 4.98 Å². The van der Waals surface area contributed by atoms with Gasteiger partial charge in [-0.15, -0.1) is 0 Å². The molecule has 0 aliphatic heterocycles. The molecule has 0 spiro atoms. The largest absolute Gasteiger partial charge is 0.504 e. The molecule has 1 aromatic heterocycles. The number of aromatic nitrogens is 1. The summed E-state index contributed by atoms with van der Waals surface area (Å²) in [6.07, 6.45) is 1.42. The van der Waals surface area contributed by atoms with Gasteiger partial charge in [-0.2, -0.15) is 0 Å². The Morgan fingerprint density at radius 1 is 1.08 bits per heavy atom. The van der Waals surface area contributed by atoms with Crippen molar-refractivity contribution in [3.8, 4) is 22.6 Å². The lowest BCUT2D eigenvalue weighted by atomic mass is 10.1. The summed E-state index contributed by atoms with van der Waals surface area (Å²) in [7, 11) is 0. The van der Waals surface area contributed by atoms with Gasteiger partial charge in [0.05, 0.1) is 5.02 Å². The van der Waals surface area contributed by atoms with Crippen molar-refractivity contribution in [2.75, 3.05) is 0 Å². The van der Waals surface area contributed by atoms with E-state index in [1.807, 2.05) is 0 Å². The van der Waals surface area contributed by atoms with Gasteiger partial charge in [-0.1, -0.05) is 34.7 Å². The number of hydrogen-bond acceptors (Lipinski definition) is 4. The van der Waals surface area contributed by atoms with E-state index >= 15 is 0 Å². The van der Waals surface area contributed by atoms with E-state index in [-0.39, 0.29) is 34.4 Å². The van der Waals surface area contributed by atoms with Crippen molar-refractivity contribution in [1.29, 1.82) is 0 Å². The number of benzene rings is 2. The van der Waals surface area contributed by atoms with Crippen molar-refractivity contribution in [2.45, 2.75) is 6.54 Å². The van der Waals surface area contributed by atoms with Gasteiger partial charge in [0.15, 0.2) is 18.0 Å². The van der Waals surface area contributed by atoms with Gasteiger partial charge in [-0.05, 0) is 27.9 Å². The first-order chi connectivity index (χ1) is 12.0. The minimum absolute atomic E-state index is 0.117. The van der Waals surface area contributed by atoms with Crippen LogP contribution in [0.4, 0.5) is 10.2 Å². The van der Waals surface area contributed by atoms with E-state index in [2.05, 4.69) is 4.98 Å². The first kappa shape index (κ1) is 16.9. The van der Waals surface area contributed by atoms with Gasteiger partial charge in [0.1, 0.15) is 12.0 Å². The number of halogens is 2. The molecule has 0 bridgehead atoms. The van der Waals surface area contributed by atoms with Crippen LogP contribution >= 0.6 is 11.6 Å². The highest BCUT2D eigenvalue weighted by Crippen LogP contribution is 2.37. The normalized spacial score (nSPS) is 10.6. The third kappa shape index (κ3) is 3.59. The summed E-state index contributed by atoms with van der Waals surface area (Å²) in [6, 6.07) is 11.6. The molecule has 2 aromatic carbocycles. The standard InChI is InChI=1S/C18H12ClFN2O3/c19-14-8-17(24)16(23)7-13(14)11-5-6-18(21-9-11)22(25)10-12-3-1-2-4-15(12)20/h1-9H,10H2,(H-,21,23,24,25)/p+1. The molecular weight excluding hydrogens is 347 g/mol. The maximum Gasteiger partial charge on any atom is 0.361 e. The summed E-state index contributed by atoms with van der Waals surface area (Å²) >= 11 is 6.05. The Labute approximate surface area is 147 Å². The summed E-state index contributed by atoms with van der Waals surface area (Å²) in [5.74, 6) is -0.972. The van der Waals surface area contributed by atoms with Gasteiger partial charge in [0, 0.05) is 28.8 Å². The summed E-state index contributed by atoms with van der Waals surface area (Å²) in [5.41, 5.74) is 1.29. The maximum atomic E-state index is 13.6. The molecule has 0 aliphatic carbocycles. The average molecular weight is 360 g/mol. The van der Waals surface area contributed by atoms with Crippen molar-refractivity contribution in [3.63, 3.8) is 0 Å². The average Bonchev–Trinajstić information content (AvgIpc) is 2.60. The fraction of sp³-hybridized carbons (Fsp3) is 0.0556. The van der Waals surface area contributed by atoms with Gasteiger partial charge < -0.3 is 10.2 Å². The number of aromatic hydroxyl groups is 2. The molecule has 0 aliphatic rings. The first-order valence-electron chi connectivity index (χ1n) is 7.31. The van der Waals surface area contributed by atoms with Gasteiger partial charge in [-0.25, -0.2) is 4.39 Å². The molecule has 7 heteroatoms. The van der Waals surface area contributed by atoms with E-state index in [1.165, 1.54) is 36.5 Å². The highest BCUT2D eigenvalue weighted by atomic mass is 35.5. The van der Waals surface area contributed by atoms with E-state index in [4.69, 9.17) is 11.6 Å². The van der Waals surface area contributed by atoms with Crippen molar-refractivity contribution < 1.29 is 19.4 Å². The smallest absolute Gasteiger partial charge is 0.361 e. The molecule has 3 rings (SSSR count). The highest BCUT2D eigenvalue weighted by Gasteiger charge is 2.18. The van der Waals surface area contributed by atoms with Crippen LogP contribution < -0.4 is 0 Å². The van der Waals surface area contributed by atoms with Crippen LogP contribution in [0.5, 0.6) is 11.5 Å². The lowest BCUT2D eigenvalue weighted by Crippen LogP contribution is -2.04. The molecule has 2 N–H and O–H groups in total. The second kappa shape index (κ2) is 6.86. The third-order valence-electron chi connectivity index (χ3n) is 3.65. The van der Waals surface area contributed by atoms with E-state index < -0.39 is 5.82 Å². The molecule has 0 saturated heterocycles. The topological polar surface area (TPSA) is 73.4 Å². The third-order valence-corrected chi connectivity index (χ3v) is 3.96. The lowest BCUT2D eigenvalue weighted by Gasteiger charge is -2.05. The molecule has 0 saturated carbocycles. The molecule has 5 nitrogen and oxygen atoms in total. The Balaban J connectivity index is 1.84. The minimum Gasteiger partial charge on any atom is -0.504 e. The SMILES string of the molecule is O=[N+](Cc1ccccc1F)c1ccc(-c2cc(O)c(O)cc2Cl)cn1. The predicted molar refractivity (Wildman–Crippen MR) is 91.4 cm³/mol. The van der Waals surface area contributed by atoms with Crippen LogP contribution in [0.2, 0.25) is 5.02 Å². The van der Waals surface area contributed by atoms with E-state index in [0.717, 1.165) is 0 Å². The van der Waals surface area contributed by atoms with Crippen LogP contribution in [-0.2, 0) is 6.54 Å². The summed E-state index contributed by atoms with van der Waals surface area (Å²) in [4.78, 5) is 16.2. The molecule has 0 amide bonds. The molecule has 0 fully saturated rings. The van der Waals surface area contributed by atoms with Crippen LogP contribution in [0.1, 0.15) is 5.56 Å². The Bertz CT molecular complexity index is 946. The molecule has 0 unspecified atom stereocenters. The molecule has 0 radical (unpaired) electrons. The molecule has 25 heavy (non-hydrogen) atoms. The van der Waals surface area contributed by atoms with Crippen molar-refractivity contribution >= 4 is 17.4 Å². The molecule has 3 aromatic rings. The lowest BCUT2D eigenvalue weighted by molar-refractivity contribution is -0.484. The van der Waals surface area contributed by atoms with Crippen LogP contribution in [0.15, 0.2) is 54.7 Å². The second-order valence-electron chi connectivity index (χ2n) is 5.35. The Morgan fingerprint density at radius 2 is 1.80 bits per heavy atom. The molecule has 0 atom stereocenters. The quantitative estimate of drug-likeness (QED) is 0.529. The molecular formula is C18H13ClFN2O3+. The number of nitrogens with zero attached hydrogens (tertiary/aromatic N) is 2. The van der Waals surface area contributed by atoms with Gasteiger partial charge in [0.2, 0.25) is 0 Å².